The van der Waals surface area contributed by atoms with Gasteiger partial charge in [0.15, 0.2) is 5.57 Å². The lowest BCUT2D eigenvalue weighted by molar-refractivity contribution is -0.138. The summed E-state index contributed by atoms with van der Waals surface area (Å²) in [6, 6.07) is 7.48. The van der Waals surface area contributed by atoms with Gasteiger partial charge in [-0.05, 0) is 32.0 Å². The Hall–Kier alpha value is -2.39. The summed E-state index contributed by atoms with van der Waals surface area (Å²) in [5.41, 5.74) is 1.67. The summed E-state index contributed by atoms with van der Waals surface area (Å²) >= 11 is 1.59. The minimum absolute atomic E-state index is 0.0626. The second kappa shape index (κ2) is 6.17. The standard InChI is InChI=1S/C14H13N3O2S/c1-3-19-14(18)10(7-15)8-16-11-4-5-12-13(6-11)20-9(2)17-12/h4-6,8,16H,3H2,1-2H3/b10-8+. The summed E-state index contributed by atoms with van der Waals surface area (Å²) in [6.07, 6.45) is 1.35. The summed E-state index contributed by atoms with van der Waals surface area (Å²) < 4.78 is 5.83. The lowest BCUT2D eigenvalue weighted by Crippen LogP contribution is -2.07. The number of ether oxygens (including phenoxy) is 1. The number of nitrogens with zero attached hydrogens (tertiary/aromatic N) is 2. The van der Waals surface area contributed by atoms with E-state index in [1.54, 1.807) is 18.3 Å². The normalized spacial score (nSPS) is 11.2. The highest BCUT2D eigenvalue weighted by atomic mass is 32.1. The first-order valence-corrected chi connectivity index (χ1v) is 6.86. The fourth-order valence-electron chi connectivity index (χ4n) is 1.63. The molecule has 5 nitrogen and oxygen atoms in total. The molecule has 0 aliphatic carbocycles. The number of benzene rings is 1. The molecular weight excluding hydrogens is 274 g/mol. The molecule has 20 heavy (non-hydrogen) atoms. The van der Waals surface area contributed by atoms with Crippen molar-refractivity contribution in [2.75, 3.05) is 11.9 Å². The number of hydrogen-bond acceptors (Lipinski definition) is 6. The molecule has 0 atom stereocenters. The molecule has 2 rings (SSSR count). The highest BCUT2D eigenvalue weighted by Gasteiger charge is 2.09. The molecule has 1 heterocycles. The third-order valence-corrected chi connectivity index (χ3v) is 3.43. The Morgan fingerprint density at radius 3 is 3.10 bits per heavy atom. The first-order valence-electron chi connectivity index (χ1n) is 6.05. The molecule has 0 amide bonds. The number of fused-ring (bicyclic) bond motifs is 1. The maximum Gasteiger partial charge on any atom is 0.350 e. The van der Waals surface area contributed by atoms with Crippen LogP contribution in [-0.4, -0.2) is 17.6 Å². The maximum absolute atomic E-state index is 11.5. The van der Waals surface area contributed by atoms with Gasteiger partial charge in [0.1, 0.15) is 6.07 Å². The van der Waals surface area contributed by atoms with Crippen molar-refractivity contribution in [3.05, 3.63) is 35.0 Å². The van der Waals surface area contributed by atoms with Crippen LogP contribution in [0.3, 0.4) is 0 Å². The number of anilines is 1. The highest BCUT2D eigenvalue weighted by molar-refractivity contribution is 7.18. The number of nitrogens with one attached hydrogen (secondary N) is 1. The van der Waals surface area contributed by atoms with Gasteiger partial charge in [0.25, 0.3) is 0 Å². The van der Waals surface area contributed by atoms with Crippen LogP contribution >= 0.6 is 11.3 Å². The van der Waals surface area contributed by atoms with E-state index in [0.29, 0.717) is 0 Å². The van der Waals surface area contributed by atoms with Gasteiger partial charge in [-0.1, -0.05) is 0 Å². The molecule has 1 aromatic carbocycles. The van der Waals surface area contributed by atoms with E-state index >= 15 is 0 Å². The number of esters is 1. The smallest absolute Gasteiger partial charge is 0.350 e. The Morgan fingerprint density at radius 2 is 2.40 bits per heavy atom. The lowest BCUT2D eigenvalue weighted by atomic mass is 10.3. The molecule has 0 radical (unpaired) electrons. The minimum atomic E-state index is -0.628. The number of carbonyl (C=O) groups is 1. The van der Waals surface area contributed by atoms with Crippen molar-refractivity contribution >= 4 is 33.2 Å². The Bertz CT molecular complexity index is 713. The third kappa shape index (κ3) is 3.13. The molecule has 0 bridgehead atoms. The van der Waals surface area contributed by atoms with E-state index in [2.05, 4.69) is 10.3 Å². The van der Waals surface area contributed by atoms with Crippen LogP contribution in [0.1, 0.15) is 11.9 Å². The summed E-state index contributed by atoms with van der Waals surface area (Å²) in [4.78, 5) is 15.8. The molecule has 1 aromatic heterocycles. The molecule has 0 saturated carbocycles. The summed E-state index contributed by atoms with van der Waals surface area (Å²) in [7, 11) is 0. The maximum atomic E-state index is 11.5. The minimum Gasteiger partial charge on any atom is -0.462 e. The van der Waals surface area contributed by atoms with Gasteiger partial charge in [0, 0.05) is 11.9 Å². The van der Waals surface area contributed by atoms with E-state index in [1.807, 2.05) is 31.2 Å². The highest BCUT2D eigenvalue weighted by Crippen LogP contribution is 2.24. The van der Waals surface area contributed by atoms with E-state index in [-0.39, 0.29) is 12.2 Å². The van der Waals surface area contributed by atoms with Crippen LogP contribution in [0.5, 0.6) is 0 Å². The van der Waals surface area contributed by atoms with E-state index in [0.717, 1.165) is 20.9 Å². The van der Waals surface area contributed by atoms with Gasteiger partial charge in [-0.25, -0.2) is 9.78 Å². The Morgan fingerprint density at radius 1 is 1.60 bits per heavy atom. The van der Waals surface area contributed by atoms with E-state index in [4.69, 9.17) is 10.00 Å². The number of aromatic nitrogens is 1. The van der Waals surface area contributed by atoms with Crippen molar-refractivity contribution in [1.29, 1.82) is 5.26 Å². The molecule has 0 aliphatic heterocycles. The first kappa shape index (κ1) is 14.0. The van der Waals surface area contributed by atoms with Crippen molar-refractivity contribution in [2.24, 2.45) is 0 Å². The zero-order valence-electron chi connectivity index (χ0n) is 11.1. The van der Waals surface area contributed by atoms with Gasteiger partial charge in [-0.3, -0.25) is 0 Å². The van der Waals surface area contributed by atoms with Crippen molar-refractivity contribution in [3.63, 3.8) is 0 Å². The van der Waals surface area contributed by atoms with Crippen molar-refractivity contribution < 1.29 is 9.53 Å². The van der Waals surface area contributed by atoms with Crippen molar-refractivity contribution in [1.82, 2.24) is 4.98 Å². The molecule has 0 aliphatic rings. The average molecular weight is 287 g/mol. The summed E-state index contributed by atoms with van der Waals surface area (Å²) in [6.45, 7) is 3.89. The van der Waals surface area contributed by atoms with Crippen molar-refractivity contribution in [2.45, 2.75) is 13.8 Å². The van der Waals surface area contributed by atoms with Crippen LogP contribution in [0, 0.1) is 18.3 Å². The SMILES string of the molecule is CCOC(=O)/C(C#N)=C/Nc1ccc2nc(C)sc2c1. The number of rotatable bonds is 4. The van der Waals surface area contributed by atoms with Gasteiger partial charge >= 0.3 is 5.97 Å². The van der Waals surface area contributed by atoms with E-state index in [1.165, 1.54) is 6.20 Å². The molecular formula is C14H13N3O2S. The Balaban J connectivity index is 2.18. The van der Waals surface area contributed by atoms with Gasteiger partial charge in [-0.2, -0.15) is 5.26 Å². The quantitative estimate of drug-likeness (QED) is 0.531. The average Bonchev–Trinajstić information content (AvgIpc) is 2.79. The van der Waals surface area contributed by atoms with E-state index in [9.17, 15) is 4.79 Å². The predicted octanol–water partition coefficient (Wildman–Crippen LogP) is 2.99. The van der Waals surface area contributed by atoms with Gasteiger partial charge in [0.2, 0.25) is 0 Å². The monoisotopic (exact) mass is 287 g/mol. The predicted molar refractivity (Wildman–Crippen MR) is 78.3 cm³/mol. The second-order valence-corrected chi connectivity index (χ2v) is 5.18. The number of nitriles is 1. The van der Waals surface area contributed by atoms with Crippen molar-refractivity contribution in [3.8, 4) is 6.07 Å². The second-order valence-electron chi connectivity index (χ2n) is 3.95. The van der Waals surface area contributed by atoms with Gasteiger partial charge in [-0.15, -0.1) is 11.3 Å². The molecule has 0 saturated heterocycles. The fraction of sp³-hybridized carbons (Fsp3) is 0.214. The largest absolute Gasteiger partial charge is 0.462 e. The molecule has 1 N–H and O–H groups in total. The van der Waals surface area contributed by atoms with Crippen LogP contribution in [0.4, 0.5) is 5.69 Å². The molecule has 0 fully saturated rings. The van der Waals surface area contributed by atoms with Crippen LogP contribution in [0.2, 0.25) is 0 Å². The Kier molecular flexibility index (Phi) is 4.33. The molecule has 102 valence electrons. The summed E-state index contributed by atoms with van der Waals surface area (Å²) in [5, 5.41) is 12.8. The topological polar surface area (TPSA) is 75.0 Å². The lowest BCUT2D eigenvalue weighted by Gasteiger charge is -2.02. The van der Waals surface area contributed by atoms with Crippen LogP contribution in [0.15, 0.2) is 30.0 Å². The zero-order chi connectivity index (χ0) is 14.5. The molecule has 6 heteroatoms. The summed E-state index contributed by atoms with van der Waals surface area (Å²) in [5.74, 6) is -0.628. The number of aryl methyl sites for hydroxylation is 1. The number of thiazole rings is 1. The fourth-order valence-corrected chi connectivity index (χ4v) is 2.50. The van der Waals surface area contributed by atoms with Gasteiger partial charge in [0.05, 0.1) is 21.8 Å². The van der Waals surface area contributed by atoms with Gasteiger partial charge < -0.3 is 10.1 Å². The van der Waals surface area contributed by atoms with Crippen LogP contribution in [-0.2, 0) is 9.53 Å². The number of carbonyl (C=O) groups excluding carboxylic acids is 1. The third-order valence-electron chi connectivity index (χ3n) is 2.49. The van der Waals surface area contributed by atoms with E-state index < -0.39 is 5.97 Å². The van der Waals surface area contributed by atoms with Crippen LogP contribution < -0.4 is 5.32 Å². The zero-order valence-corrected chi connectivity index (χ0v) is 12.0. The molecule has 2 aromatic rings. The first-order chi connectivity index (χ1) is 9.63. The molecule has 0 unspecified atom stereocenters. The van der Waals surface area contributed by atoms with Crippen LogP contribution in [0.25, 0.3) is 10.2 Å². The molecule has 0 spiro atoms. The number of hydrogen-bond donors (Lipinski definition) is 1. The Labute approximate surface area is 120 Å².